The second kappa shape index (κ2) is 3.30. The Kier molecular flexibility index (Phi) is 2.38. The van der Waals surface area contributed by atoms with Crippen LogP contribution in [0.25, 0.3) is 13.2 Å². The Hall–Kier alpha value is -1.44. The van der Waals surface area contributed by atoms with E-state index < -0.39 is 0 Å². The Morgan fingerprint density at radius 1 is 0.917 bits per heavy atom. The highest BCUT2D eigenvalue weighted by atomic mass is 16.5. The van der Waals surface area contributed by atoms with Crippen LogP contribution < -0.4 is 19.9 Å². The van der Waals surface area contributed by atoms with Crippen molar-refractivity contribution in [2.75, 3.05) is 14.2 Å². The van der Waals surface area contributed by atoms with Crippen molar-refractivity contribution in [2.24, 2.45) is 0 Å². The van der Waals surface area contributed by atoms with Crippen LogP contribution in [0.1, 0.15) is 0 Å². The lowest BCUT2D eigenvalue weighted by atomic mass is 10.2. The zero-order valence-corrected chi connectivity index (χ0v) is 7.39. The van der Waals surface area contributed by atoms with Crippen molar-refractivity contribution in [3.8, 4) is 11.5 Å². The van der Waals surface area contributed by atoms with Gasteiger partial charge in [0, 0.05) is 10.4 Å². The molecule has 0 aliphatic rings. The van der Waals surface area contributed by atoms with E-state index in [0.29, 0.717) is 0 Å². The molecule has 0 spiro atoms. The first-order valence-corrected chi connectivity index (χ1v) is 3.59. The summed E-state index contributed by atoms with van der Waals surface area (Å²) in [6.07, 6.45) is 0. The molecule has 0 aromatic heterocycles. The molecule has 0 saturated heterocycles. The third kappa shape index (κ3) is 1.42. The van der Waals surface area contributed by atoms with E-state index in [1.807, 2.05) is 0 Å². The fourth-order valence-corrected chi connectivity index (χ4v) is 1.02. The van der Waals surface area contributed by atoms with Crippen LogP contribution in [-0.4, -0.2) is 14.2 Å². The lowest BCUT2D eigenvalue weighted by Crippen LogP contribution is -2.12. The van der Waals surface area contributed by atoms with Crippen LogP contribution in [0.4, 0.5) is 0 Å². The van der Waals surface area contributed by atoms with Crippen LogP contribution in [0.5, 0.6) is 11.5 Å². The minimum atomic E-state index is 0.737. The van der Waals surface area contributed by atoms with E-state index in [0.717, 1.165) is 21.9 Å². The molecule has 0 fully saturated rings. The Labute approximate surface area is 71.7 Å². The van der Waals surface area contributed by atoms with Crippen molar-refractivity contribution in [3.05, 3.63) is 22.6 Å². The molecule has 0 heterocycles. The van der Waals surface area contributed by atoms with E-state index >= 15 is 0 Å². The number of hydrogen-bond acceptors (Lipinski definition) is 2. The van der Waals surface area contributed by atoms with Crippen molar-refractivity contribution in [2.45, 2.75) is 0 Å². The quantitative estimate of drug-likeness (QED) is 0.634. The van der Waals surface area contributed by atoms with Gasteiger partial charge in [0.15, 0.2) is 0 Å². The predicted octanol–water partition coefficient (Wildman–Crippen LogP) is 0.524. The first-order valence-electron chi connectivity index (χ1n) is 3.59. The molecule has 2 heteroatoms. The van der Waals surface area contributed by atoms with Gasteiger partial charge in [-0.2, -0.15) is 0 Å². The van der Waals surface area contributed by atoms with Gasteiger partial charge in [0.05, 0.1) is 14.2 Å². The standard InChI is InChI=1S/C10H12O2/c1-7-5-10(12-4)8(2)6-9(7)11-3/h5-6H,1-2H2,3-4H3. The van der Waals surface area contributed by atoms with Crippen molar-refractivity contribution in [3.63, 3.8) is 0 Å². The van der Waals surface area contributed by atoms with E-state index in [-0.39, 0.29) is 0 Å². The molecule has 0 radical (unpaired) electrons. The van der Waals surface area contributed by atoms with E-state index in [1.54, 1.807) is 26.4 Å². The van der Waals surface area contributed by atoms with E-state index in [1.165, 1.54) is 0 Å². The first-order chi connectivity index (χ1) is 5.69. The molecule has 0 amide bonds. The van der Waals surface area contributed by atoms with Crippen LogP contribution in [0.2, 0.25) is 0 Å². The molecule has 0 aliphatic carbocycles. The van der Waals surface area contributed by atoms with Gasteiger partial charge in [0.1, 0.15) is 11.5 Å². The average molecular weight is 164 g/mol. The minimum Gasteiger partial charge on any atom is -0.496 e. The van der Waals surface area contributed by atoms with Gasteiger partial charge in [-0.15, -0.1) is 0 Å². The molecule has 0 bridgehead atoms. The molecule has 0 saturated carbocycles. The molecule has 2 nitrogen and oxygen atoms in total. The summed E-state index contributed by atoms with van der Waals surface area (Å²) in [6.45, 7) is 7.62. The topological polar surface area (TPSA) is 18.5 Å². The smallest absolute Gasteiger partial charge is 0.126 e. The summed E-state index contributed by atoms with van der Waals surface area (Å²) < 4.78 is 10.1. The average Bonchev–Trinajstić information content (AvgIpc) is 2.08. The van der Waals surface area contributed by atoms with E-state index in [4.69, 9.17) is 9.47 Å². The second-order valence-corrected chi connectivity index (χ2v) is 2.48. The van der Waals surface area contributed by atoms with Crippen LogP contribution in [0, 0.1) is 0 Å². The summed E-state index contributed by atoms with van der Waals surface area (Å²) in [7, 11) is 3.21. The molecule has 0 N–H and O–H groups in total. The zero-order chi connectivity index (χ0) is 9.14. The minimum absolute atomic E-state index is 0.737. The number of methoxy groups -OCH3 is 2. The van der Waals surface area contributed by atoms with Crippen LogP contribution in [0.15, 0.2) is 12.1 Å². The lowest BCUT2D eigenvalue weighted by molar-refractivity contribution is 0.397. The fourth-order valence-electron chi connectivity index (χ4n) is 1.02. The highest BCUT2D eigenvalue weighted by Gasteiger charge is 1.97. The van der Waals surface area contributed by atoms with Crippen LogP contribution >= 0.6 is 0 Å². The number of ether oxygens (including phenoxy) is 2. The van der Waals surface area contributed by atoms with Crippen molar-refractivity contribution < 1.29 is 9.47 Å². The maximum absolute atomic E-state index is 5.07. The Bertz CT molecular complexity index is 330. The Morgan fingerprint density at radius 2 is 1.25 bits per heavy atom. The van der Waals surface area contributed by atoms with Crippen molar-refractivity contribution in [1.82, 2.24) is 0 Å². The normalized spacial score (nSPS) is 9.50. The SMILES string of the molecule is C=c1cc(OC)c(=C)cc1OC. The van der Waals surface area contributed by atoms with Gasteiger partial charge in [-0.3, -0.25) is 0 Å². The van der Waals surface area contributed by atoms with Gasteiger partial charge in [0.25, 0.3) is 0 Å². The molecule has 0 atom stereocenters. The summed E-state index contributed by atoms with van der Waals surface area (Å²) in [5, 5.41) is 1.61. The maximum atomic E-state index is 5.07. The molecule has 64 valence electrons. The Morgan fingerprint density at radius 3 is 1.50 bits per heavy atom. The largest absolute Gasteiger partial charge is 0.496 e. The van der Waals surface area contributed by atoms with Crippen molar-refractivity contribution >= 4 is 13.2 Å². The molecular weight excluding hydrogens is 152 g/mol. The zero-order valence-electron chi connectivity index (χ0n) is 7.39. The molecule has 12 heavy (non-hydrogen) atoms. The monoisotopic (exact) mass is 164 g/mol. The maximum Gasteiger partial charge on any atom is 0.126 e. The number of benzene rings is 1. The summed E-state index contributed by atoms with van der Waals surface area (Å²) in [5.41, 5.74) is 0. The number of hydrogen-bond donors (Lipinski definition) is 0. The van der Waals surface area contributed by atoms with Crippen LogP contribution in [0.3, 0.4) is 0 Å². The number of rotatable bonds is 2. The summed E-state index contributed by atoms with van der Waals surface area (Å²) >= 11 is 0. The molecular formula is C10H12O2. The van der Waals surface area contributed by atoms with Gasteiger partial charge in [-0.05, 0) is 12.1 Å². The lowest BCUT2D eigenvalue weighted by Gasteiger charge is -2.04. The molecule has 1 rings (SSSR count). The first kappa shape index (κ1) is 8.65. The van der Waals surface area contributed by atoms with Gasteiger partial charge >= 0.3 is 0 Å². The second-order valence-electron chi connectivity index (χ2n) is 2.48. The molecule has 1 aromatic rings. The van der Waals surface area contributed by atoms with Crippen molar-refractivity contribution in [1.29, 1.82) is 0 Å². The van der Waals surface area contributed by atoms with E-state index in [9.17, 15) is 0 Å². The summed E-state index contributed by atoms with van der Waals surface area (Å²) in [5.74, 6) is 1.47. The molecule has 1 aromatic carbocycles. The highest BCUT2D eigenvalue weighted by Crippen LogP contribution is 2.03. The van der Waals surface area contributed by atoms with E-state index in [2.05, 4.69) is 13.2 Å². The highest BCUT2D eigenvalue weighted by molar-refractivity contribution is 5.37. The molecule has 0 unspecified atom stereocenters. The fraction of sp³-hybridized carbons (Fsp3) is 0.200. The van der Waals surface area contributed by atoms with Gasteiger partial charge < -0.3 is 9.47 Å². The van der Waals surface area contributed by atoms with Gasteiger partial charge in [-0.25, -0.2) is 0 Å². The molecule has 0 aliphatic heterocycles. The Balaban J connectivity index is 3.37. The third-order valence-corrected chi connectivity index (χ3v) is 1.68. The third-order valence-electron chi connectivity index (χ3n) is 1.68. The summed E-state index contributed by atoms with van der Waals surface area (Å²) in [4.78, 5) is 0. The summed E-state index contributed by atoms with van der Waals surface area (Å²) in [6, 6.07) is 3.61. The van der Waals surface area contributed by atoms with Gasteiger partial charge in [-0.1, -0.05) is 13.2 Å². The van der Waals surface area contributed by atoms with Gasteiger partial charge in [0.2, 0.25) is 0 Å². The van der Waals surface area contributed by atoms with Crippen LogP contribution in [-0.2, 0) is 0 Å². The predicted molar refractivity (Wildman–Crippen MR) is 49.8 cm³/mol.